The van der Waals surface area contributed by atoms with Gasteiger partial charge in [0.25, 0.3) is 0 Å². The van der Waals surface area contributed by atoms with Gasteiger partial charge in [0, 0.05) is 18.0 Å². The van der Waals surface area contributed by atoms with E-state index >= 15 is 0 Å². The molecule has 0 aliphatic rings. The molecule has 0 aliphatic carbocycles. The summed E-state index contributed by atoms with van der Waals surface area (Å²) in [6, 6.07) is 11.7. The average molecular weight is 342 g/mol. The Bertz CT molecular complexity index is 530. The first kappa shape index (κ1) is 14.5. The zero-order valence-corrected chi connectivity index (χ0v) is 12.8. The highest BCUT2D eigenvalue weighted by atomic mass is 79.9. The predicted molar refractivity (Wildman–Crippen MR) is 81.7 cm³/mol. The van der Waals surface area contributed by atoms with E-state index in [1.165, 1.54) is 0 Å². The van der Waals surface area contributed by atoms with Crippen molar-refractivity contribution in [3.8, 4) is 5.75 Å². The summed E-state index contributed by atoms with van der Waals surface area (Å²) in [5.41, 5.74) is 6.80. The second kappa shape index (κ2) is 7.05. The van der Waals surface area contributed by atoms with Gasteiger partial charge >= 0.3 is 0 Å². The Morgan fingerprint density at radius 3 is 2.68 bits per heavy atom. The number of aliphatic hydroxyl groups excluding tert-OH is 1. The van der Waals surface area contributed by atoms with E-state index in [0.717, 1.165) is 20.0 Å². The zero-order chi connectivity index (χ0) is 13.7. The van der Waals surface area contributed by atoms with Gasteiger partial charge < -0.3 is 15.6 Å². The van der Waals surface area contributed by atoms with Crippen molar-refractivity contribution in [3.05, 3.63) is 50.6 Å². The summed E-state index contributed by atoms with van der Waals surface area (Å²) in [6.45, 7) is 0.526. The van der Waals surface area contributed by atoms with Crippen LogP contribution in [0.4, 0.5) is 0 Å². The Kier molecular flexibility index (Phi) is 5.39. The lowest BCUT2D eigenvalue weighted by Crippen LogP contribution is -2.18. The average Bonchev–Trinajstić information content (AvgIpc) is 2.84. The molecule has 3 N–H and O–H groups in total. The Morgan fingerprint density at radius 1 is 1.26 bits per heavy atom. The summed E-state index contributed by atoms with van der Waals surface area (Å²) in [6.07, 6.45) is 0.429. The molecule has 102 valence electrons. The van der Waals surface area contributed by atoms with E-state index in [1.54, 1.807) is 11.3 Å². The number of thiophene rings is 1. The molecular formula is C14H16BrNO2S. The Morgan fingerprint density at radius 2 is 2.05 bits per heavy atom. The predicted octanol–water partition coefficient (Wildman–Crippen LogP) is 3.12. The van der Waals surface area contributed by atoms with Crippen LogP contribution in [0.25, 0.3) is 0 Å². The van der Waals surface area contributed by atoms with Gasteiger partial charge in [-0.25, -0.2) is 0 Å². The van der Waals surface area contributed by atoms with E-state index in [2.05, 4.69) is 15.9 Å². The van der Waals surface area contributed by atoms with Crippen LogP contribution in [0.5, 0.6) is 5.75 Å². The molecule has 1 heterocycles. The van der Waals surface area contributed by atoms with Gasteiger partial charge in [-0.3, -0.25) is 0 Å². The molecule has 0 saturated heterocycles. The first-order valence-electron chi connectivity index (χ1n) is 6.05. The highest BCUT2D eigenvalue weighted by Crippen LogP contribution is 2.31. The molecule has 0 bridgehead atoms. The maximum absolute atomic E-state index is 9.07. The number of nitrogens with two attached hydrogens (primary N) is 1. The largest absolute Gasteiger partial charge is 0.483 e. The van der Waals surface area contributed by atoms with Crippen molar-refractivity contribution < 1.29 is 9.84 Å². The van der Waals surface area contributed by atoms with Gasteiger partial charge in [0.1, 0.15) is 11.9 Å². The number of rotatable bonds is 6. The highest BCUT2D eigenvalue weighted by molar-refractivity contribution is 9.11. The molecule has 1 aromatic carbocycles. The van der Waals surface area contributed by atoms with Crippen LogP contribution in [-0.2, 0) is 6.42 Å². The van der Waals surface area contributed by atoms with Gasteiger partial charge in [-0.1, -0.05) is 18.2 Å². The van der Waals surface area contributed by atoms with E-state index in [-0.39, 0.29) is 12.7 Å². The van der Waals surface area contributed by atoms with E-state index in [4.69, 9.17) is 15.6 Å². The van der Waals surface area contributed by atoms with Gasteiger partial charge in [0.15, 0.2) is 0 Å². The number of aliphatic hydroxyl groups is 1. The molecule has 1 unspecified atom stereocenters. The fourth-order valence-corrected chi connectivity index (χ4v) is 3.29. The van der Waals surface area contributed by atoms with Crippen molar-refractivity contribution in [2.24, 2.45) is 5.73 Å². The molecule has 2 aromatic rings. The molecular weight excluding hydrogens is 326 g/mol. The smallest absolute Gasteiger partial charge is 0.145 e. The van der Waals surface area contributed by atoms with Gasteiger partial charge in [0.05, 0.1) is 3.79 Å². The maximum Gasteiger partial charge on any atom is 0.145 e. The van der Waals surface area contributed by atoms with Crippen LogP contribution in [0.3, 0.4) is 0 Å². The van der Waals surface area contributed by atoms with Gasteiger partial charge in [-0.2, -0.15) is 0 Å². The molecule has 0 fully saturated rings. The second-order valence-electron chi connectivity index (χ2n) is 4.07. The third kappa shape index (κ3) is 3.79. The summed E-state index contributed by atoms with van der Waals surface area (Å²) in [5.74, 6) is 0.788. The SMILES string of the molecule is NCC(Oc1ccccc1CCO)c1ccc(Br)s1. The summed E-state index contributed by atoms with van der Waals surface area (Å²) in [4.78, 5) is 1.09. The molecule has 0 amide bonds. The molecule has 1 aromatic heterocycles. The number of hydrogen-bond acceptors (Lipinski definition) is 4. The quantitative estimate of drug-likeness (QED) is 0.848. The number of para-hydroxylation sites is 1. The molecule has 1 atom stereocenters. The van der Waals surface area contributed by atoms with Crippen LogP contribution in [-0.4, -0.2) is 18.3 Å². The number of benzene rings is 1. The zero-order valence-electron chi connectivity index (χ0n) is 10.4. The fraction of sp³-hybridized carbons (Fsp3) is 0.286. The van der Waals surface area contributed by atoms with E-state index in [1.807, 2.05) is 36.4 Å². The summed E-state index contributed by atoms with van der Waals surface area (Å²) >= 11 is 5.06. The van der Waals surface area contributed by atoms with Crippen LogP contribution in [0, 0.1) is 0 Å². The Balaban J connectivity index is 2.18. The van der Waals surface area contributed by atoms with Crippen LogP contribution in [0.1, 0.15) is 16.5 Å². The molecule has 0 aliphatic heterocycles. The monoisotopic (exact) mass is 341 g/mol. The first-order valence-corrected chi connectivity index (χ1v) is 7.66. The van der Waals surface area contributed by atoms with Crippen molar-refractivity contribution >= 4 is 27.3 Å². The molecule has 3 nitrogen and oxygen atoms in total. The first-order chi connectivity index (χ1) is 9.24. The van der Waals surface area contributed by atoms with Crippen molar-refractivity contribution in [1.29, 1.82) is 0 Å². The lowest BCUT2D eigenvalue weighted by molar-refractivity contribution is 0.213. The highest BCUT2D eigenvalue weighted by Gasteiger charge is 2.15. The topological polar surface area (TPSA) is 55.5 Å². The minimum absolute atomic E-state index is 0.109. The third-order valence-electron chi connectivity index (χ3n) is 2.75. The minimum Gasteiger partial charge on any atom is -0.483 e. The molecule has 19 heavy (non-hydrogen) atoms. The standard InChI is InChI=1S/C14H16BrNO2S/c15-14-6-5-13(19-14)12(9-16)18-11-4-2-1-3-10(11)7-8-17/h1-6,12,17H,7-9,16H2. The molecule has 2 rings (SSSR count). The number of hydrogen-bond donors (Lipinski definition) is 2. The van der Waals surface area contributed by atoms with Crippen LogP contribution in [0.2, 0.25) is 0 Å². The lowest BCUT2D eigenvalue weighted by atomic mass is 10.1. The van der Waals surface area contributed by atoms with E-state index in [0.29, 0.717) is 13.0 Å². The minimum atomic E-state index is -0.156. The summed E-state index contributed by atoms with van der Waals surface area (Å²) in [7, 11) is 0. The van der Waals surface area contributed by atoms with Gasteiger partial charge in [-0.05, 0) is 46.1 Å². The fourth-order valence-electron chi connectivity index (χ4n) is 1.82. The molecule has 0 spiro atoms. The lowest BCUT2D eigenvalue weighted by Gasteiger charge is -2.18. The molecule has 0 saturated carbocycles. The normalized spacial score (nSPS) is 12.4. The number of ether oxygens (including phenoxy) is 1. The van der Waals surface area contributed by atoms with Crippen molar-refractivity contribution in [2.45, 2.75) is 12.5 Å². The van der Waals surface area contributed by atoms with E-state index in [9.17, 15) is 0 Å². The Hall–Kier alpha value is -0.880. The summed E-state index contributed by atoms with van der Waals surface area (Å²) in [5, 5.41) is 9.07. The number of halogens is 1. The van der Waals surface area contributed by atoms with Crippen LogP contribution in [0.15, 0.2) is 40.2 Å². The maximum atomic E-state index is 9.07. The van der Waals surface area contributed by atoms with E-state index < -0.39 is 0 Å². The van der Waals surface area contributed by atoms with Crippen LogP contribution >= 0.6 is 27.3 Å². The van der Waals surface area contributed by atoms with Crippen molar-refractivity contribution in [3.63, 3.8) is 0 Å². The van der Waals surface area contributed by atoms with Gasteiger partial charge in [0.2, 0.25) is 0 Å². The second-order valence-corrected chi connectivity index (χ2v) is 6.56. The van der Waals surface area contributed by atoms with Gasteiger partial charge in [-0.15, -0.1) is 11.3 Å². The summed E-state index contributed by atoms with van der Waals surface area (Å²) < 4.78 is 7.06. The third-order valence-corrected chi connectivity index (χ3v) is 4.46. The molecule has 0 radical (unpaired) electrons. The van der Waals surface area contributed by atoms with Crippen molar-refractivity contribution in [2.75, 3.05) is 13.2 Å². The Labute approximate surface area is 125 Å². The van der Waals surface area contributed by atoms with Crippen molar-refractivity contribution in [1.82, 2.24) is 0 Å². The van der Waals surface area contributed by atoms with Crippen LogP contribution < -0.4 is 10.5 Å². The molecule has 5 heteroatoms.